The molecule has 0 aliphatic heterocycles. The van der Waals surface area contributed by atoms with Crippen molar-refractivity contribution in [3.8, 4) is 0 Å². The van der Waals surface area contributed by atoms with E-state index in [0.29, 0.717) is 22.9 Å². The molecule has 0 saturated heterocycles. The molecule has 1 aliphatic carbocycles. The van der Waals surface area contributed by atoms with Gasteiger partial charge in [0, 0.05) is 28.4 Å². The normalized spacial score (nSPS) is 25.2. The maximum Gasteiger partial charge on any atom is 0.0928 e. The van der Waals surface area contributed by atoms with E-state index in [9.17, 15) is 5.11 Å². The van der Waals surface area contributed by atoms with Crippen LogP contribution in [0.5, 0.6) is 0 Å². The fourth-order valence-corrected chi connectivity index (χ4v) is 3.96. The Kier molecular flexibility index (Phi) is 6.02. The molecule has 0 radical (unpaired) electrons. The largest absolute Gasteiger partial charge is 0.387 e. The summed E-state index contributed by atoms with van der Waals surface area (Å²) in [6, 6.07) is 8.03. The van der Waals surface area contributed by atoms with Gasteiger partial charge in [-0.3, -0.25) is 0 Å². The molecule has 0 amide bonds. The van der Waals surface area contributed by atoms with Gasteiger partial charge in [0.1, 0.15) is 0 Å². The highest BCUT2D eigenvalue weighted by Crippen LogP contribution is 2.28. The van der Waals surface area contributed by atoms with Crippen molar-refractivity contribution in [2.45, 2.75) is 43.1 Å². The lowest BCUT2D eigenvalue weighted by molar-refractivity contribution is 0.166. The lowest BCUT2D eigenvalue weighted by Gasteiger charge is -2.31. The maximum atomic E-state index is 10.2. The van der Waals surface area contributed by atoms with E-state index in [1.165, 1.54) is 25.7 Å². The van der Waals surface area contributed by atoms with Crippen LogP contribution in [0.25, 0.3) is 0 Å². The topological polar surface area (TPSA) is 32.3 Å². The summed E-state index contributed by atoms with van der Waals surface area (Å²) in [4.78, 5) is 0. The Hall–Kier alpha value is -0.220. The van der Waals surface area contributed by atoms with E-state index >= 15 is 0 Å². The SMILES string of the molecule is CSC1CCCCC1NCC(O)c1ccccc1Cl. The van der Waals surface area contributed by atoms with Crippen molar-refractivity contribution < 1.29 is 5.11 Å². The van der Waals surface area contributed by atoms with Gasteiger partial charge in [0.05, 0.1) is 6.10 Å². The molecule has 2 nitrogen and oxygen atoms in total. The minimum absolute atomic E-state index is 0.515. The van der Waals surface area contributed by atoms with Gasteiger partial charge in [0.15, 0.2) is 0 Å². The fourth-order valence-electron chi connectivity index (χ4n) is 2.73. The van der Waals surface area contributed by atoms with Crippen LogP contribution in [0, 0.1) is 0 Å². The molecule has 4 heteroatoms. The Morgan fingerprint density at radius 1 is 1.37 bits per heavy atom. The third-order valence-corrected chi connectivity index (χ3v) is 5.36. The van der Waals surface area contributed by atoms with E-state index in [-0.39, 0.29) is 0 Å². The second-order valence-electron chi connectivity index (χ2n) is 5.11. The molecule has 3 unspecified atom stereocenters. The van der Waals surface area contributed by atoms with Crippen molar-refractivity contribution in [3.05, 3.63) is 34.9 Å². The highest BCUT2D eigenvalue weighted by atomic mass is 35.5. The monoisotopic (exact) mass is 299 g/mol. The molecule has 0 aromatic heterocycles. The van der Waals surface area contributed by atoms with Crippen LogP contribution < -0.4 is 5.32 Å². The molecule has 19 heavy (non-hydrogen) atoms. The molecule has 2 rings (SSSR count). The number of thioether (sulfide) groups is 1. The van der Waals surface area contributed by atoms with Crippen LogP contribution in [0.1, 0.15) is 37.4 Å². The van der Waals surface area contributed by atoms with Gasteiger partial charge in [-0.1, -0.05) is 42.6 Å². The molecular formula is C15H22ClNOS. The lowest BCUT2D eigenvalue weighted by Crippen LogP contribution is -2.42. The summed E-state index contributed by atoms with van der Waals surface area (Å²) < 4.78 is 0. The van der Waals surface area contributed by atoms with Crippen LogP contribution in [-0.4, -0.2) is 29.2 Å². The lowest BCUT2D eigenvalue weighted by atomic mass is 9.94. The highest BCUT2D eigenvalue weighted by molar-refractivity contribution is 7.99. The van der Waals surface area contributed by atoms with Crippen molar-refractivity contribution in [1.82, 2.24) is 5.32 Å². The van der Waals surface area contributed by atoms with Gasteiger partial charge >= 0.3 is 0 Å². The number of aliphatic hydroxyl groups is 1. The second kappa shape index (κ2) is 7.53. The van der Waals surface area contributed by atoms with Gasteiger partial charge in [0.2, 0.25) is 0 Å². The Balaban J connectivity index is 1.89. The van der Waals surface area contributed by atoms with Crippen LogP contribution in [0.2, 0.25) is 5.02 Å². The molecule has 1 aromatic carbocycles. The molecule has 1 aromatic rings. The summed E-state index contributed by atoms with van der Waals surface area (Å²) in [6.07, 6.45) is 6.75. The van der Waals surface area contributed by atoms with E-state index in [2.05, 4.69) is 11.6 Å². The molecule has 0 heterocycles. The third-order valence-electron chi connectivity index (χ3n) is 3.84. The molecule has 1 fully saturated rings. The highest BCUT2D eigenvalue weighted by Gasteiger charge is 2.24. The predicted molar refractivity (Wildman–Crippen MR) is 84.0 cm³/mol. The average Bonchev–Trinajstić information content (AvgIpc) is 2.45. The Morgan fingerprint density at radius 3 is 2.84 bits per heavy atom. The van der Waals surface area contributed by atoms with E-state index in [0.717, 1.165) is 5.56 Å². The number of hydrogen-bond acceptors (Lipinski definition) is 3. The Morgan fingerprint density at radius 2 is 2.11 bits per heavy atom. The zero-order valence-corrected chi connectivity index (χ0v) is 12.9. The standard InChI is InChI=1S/C15H22ClNOS/c1-19-15-9-5-4-8-13(15)17-10-14(18)11-6-2-3-7-12(11)16/h2-3,6-7,13-15,17-18H,4-5,8-10H2,1H3. The molecule has 3 atom stereocenters. The van der Waals surface area contributed by atoms with Crippen molar-refractivity contribution in [2.75, 3.05) is 12.8 Å². The van der Waals surface area contributed by atoms with Crippen LogP contribution in [0.15, 0.2) is 24.3 Å². The number of benzene rings is 1. The smallest absolute Gasteiger partial charge is 0.0928 e. The van der Waals surface area contributed by atoms with Crippen LogP contribution in [0.4, 0.5) is 0 Å². The average molecular weight is 300 g/mol. The minimum atomic E-state index is -0.530. The van der Waals surface area contributed by atoms with E-state index < -0.39 is 6.10 Å². The summed E-state index contributed by atoms with van der Waals surface area (Å²) in [5.74, 6) is 0. The van der Waals surface area contributed by atoms with Gasteiger partial charge in [0.25, 0.3) is 0 Å². The van der Waals surface area contributed by atoms with Crippen molar-refractivity contribution in [2.24, 2.45) is 0 Å². The van der Waals surface area contributed by atoms with Gasteiger partial charge < -0.3 is 10.4 Å². The number of aliphatic hydroxyl groups excluding tert-OH is 1. The zero-order valence-electron chi connectivity index (χ0n) is 11.3. The van der Waals surface area contributed by atoms with Crippen molar-refractivity contribution in [1.29, 1.82) is 0 Å². The molecule has 2 N–H and O–H groups in total. The van der Waals surface area contributed by atoms with Crippen LogP contribution in [-0.2, 0) is 0 Å². The first kappa shape index (κ1) is 15.2. The Bertz CT molecular complexity index is 401. The van der Waals surface area contributed by atoms with E-state index in [4.69, 9.17) is 11.6 Å². The van der Waals surface area contributed by atoms with Crippen molar-refractivity contribution in [3.63, 3.8) is 0 Å². The first-order valence-corrected chi connectivity index (χ1v) is 8.57. The molecule has 0 bridgehead atoms. The first-order chi connectivity index (χ1) is 9.22. The van der Waals surface area contributed by atoms with Crippen LogP contribution >= 0.6 is 23.4 Å². The second-order valence-corrected chi connectivity index (χ2v) is 6.59. The molecule has 1 saturated carbocycles. The number of halogens is 1. The predicted octanol–water partition coefficient (Wildman–Crippen LogP) is 3.64. The Labute approximate surface area is 124 Å². The van der Waals surface area contributed by atoms with Gasteiger partial charge in [-0.15, -0.1) is 0 Å². The first-order valence-electron chi connectivity index (χ1n) is 6.91. The maximum absolute atomic E-state index is 10.2. The summed E-state index contributed by atoms with van der Waals surface area (Å²) in [7, 11) is 0. The van der Waals surface area contributed by atoms with E-state index in [1.807, 2.05) is 36.0 Å². The summed E-state index contributed by atoms with van der Waals surface area (Å²) in [5.41, 5.74) is 0.813. The zero-order chi connectivity index (χ0) is 13.7. The number of nitrogens with one attached hydrogen (secondary N) is 1. The summed E-state index contributed by atoms with van der Waals surface area (Å²) in [5, 5.41) is 15.1. The number of rotatable bonds is 5. The fraction of sp³-hybridized carbons (Fsp3) is 0.600. The summed E-state index contributed by atoms with van der Waals surface area (Å²) >= 11 is 8.04. The van der Waals surface area contributed by atoms with Gasteiger partial charge in [-0.25, -0.2) is 0 Å². The molecule has 1 aliphatic rings. The third kappa shape index (κ3) is 4.12. The van der Waals surface area contributed by atoms with Crippen LogP contribution in [0.3, 0.4) is 0 Å². The van der Waals surface area contributed by atoms with Gasteiger partial charge in [-0.2, -0.15) is 11.8 Å². The molecular weight excluding hydrogens is 278 g/mol. The molecule has 0 spiro atoms. The van der Waals surface area contributed by atoms with Gasteiger partial charge in [-0.05, 0) is 25.2 Å². The summed E-state index contributed by atoms with van der Waals surface area (Å²) in [6.45, 7) is 0.575. The van der Waals surface area contributed by atoms with E-state index in [1.54, 1.807) is 0 Å². The number of hydrogen-bond donors (Lipinski definition) is 2. The minimum Gasteiger partial charge on any atom is -0.387 e. The van der Waals surface area contributed by atoms with Crippen molar-refractivity contribution >= 4 is 23.4 Å². The molecule has 106 valence electrons. The quantitative estimate of drug-likeness (QED) is 0.871.